The van der Waals surface area contributed by atoms with Crippen LogP contribution < -0.4 is 10.1 Å². The molecule has 1 aromatic heterocycles. The van der Waals surface area contributed by atoms with E-state index in [0.717, 1.165) is 0 Å². The Balaban J connectivity index is 1.87. The number of benzene rings is 1. The van der Waals surface area contributed by atoms with Crippen LogP contribution in [0.2, 0.25) is 0 Å². The molecule has 0 aliphatic carbocycles. The van der Waals surface area contributed by atoms with Crippen molar-refractivity contribution in [1.29, 1.82) is 0 Å². The standard InChI is InChI=1S/C14H12F2N2O/c15-10-1-4-12(5-2-10)19-14(8-17-9-14)13-6-3-11(16)7-18-13/h1-7,17H,8-9H2. The van der Waals surface area contributed by atoms with Crippen LogP contribution in [0, 0.1) is 11.6 Å². The fraction of sp³-hybridized carbons (Fsp3) is 0.214. The highest BCUT2D eigenvalue weighted by Crippen LogP contribution is 2.30. The molecule has 98 valence electrons. The molecule has 0 radical (unpaired) electrons. The minimum atomic E-state index is -0.606. The molecule has 3 nitrogen and oxygen atoms in total. The second-order valence-electron chi connectivity index (χ2n) is 4.52. The Kier molecular flexibility index (Phi) is 2.91. The zero-order chi connectivity index (χ0) is 13.3. The molecule has 0 bridgehead atoms. The number of aromatic nitrogens is 1. The van der Waals surface area contributed by atoms with Gasteiger partial charge in [0.15, 0.2) is 5.60 Å². The molecule has 1 saturated heterocycles. The SMILES string of the molecule is Fc1ccc(OC2(c3ccc(F)cn3)CNC2)cc1. The smallest absolute Gasteiger partial charge is 0.175 e. The van der Waals surface area contributed by atoms with Crippen LogP contribution in [0.3, 0.4) is 0 Å². The lowest BCUT2D eigenvalue weighted by Crippen LogP contribution is -2.60. The molecule has 1 aliphatic rings. The largest absolute Gasteiger partial charge is 0.478 e. The third-order valence-corrected chi connectivity index (χ3v) is 3.14. The van der Waals surface area contributed by atoms with Crippen LogP contribution in [-0.4, -0.2) is 18.1 Å². The fourth-order valence-electron chi connectivity index (χ4n) is 2.03. The highest BCUT2D eigenvalue weighted by Gasteiger charge is 2.42. The number of nitrogens with zero attached hydrogens (tertiary/aromatic N) is 1. The van der Waals surface area contributed by atoms with Crippen LogP contribution >= 0.6 is 0 Å². The van der Waals surface area contributed by atoms with Crippen molar-refractivity contribution < 1.29 is 13.5 Å². The van der Waals surface area contributed by atoms with E-state index in [1.165, 1.54) is 24.4 Å². The molecule has 3 rings (SSSR count). The maximum absolute atomic E-state index is 12.9. The van der Waals surface area contributed by atoms with Crippen LogP contribution in [-0.2, 0) is 5.60 Å². The third kappa shape index (κ3) is 2.29. The summed E-state index contributed by atoms with van der Waals surface area (Å²) in [5.41, 5.74) is 0.0582. The maximum atomic E-state index is 12.9. The Labute approximate surface area is 109 Å². The monoisotopic (exact) mass is 262 g/mol. The van der Waals surface area contributed by atoms with E-state index in [2.05, 4.69) is 10.3 Å². The predicted molar refractivity (Wildman–Crippen MR) is 65.8 cm³/mol. The van der Waals surface area contributed by atoms with Crippen molar-refractivity contribution in [3.63, 3.8) is 0 Å². The quantitative estimate of drug-likeness (QED) is 0.921. The Hall–Kier alpha value is -2.01. The summed E-state index contributed by atoms with van der Waals surface area (Å²) >= 11 is 0. The van der Waals surface area contributed by atoms with Crippen molar-refractivity contribution in [2.24, 2.45) is 0 Å². The average Bonchev–Trinajstić information content (AvgIpc) is 2.37. The molecule has 0 atom stereocenters. The number of rotatable bonds is 3. The van der Waals surface area contributed by atoms with Gasteiger partial charge >= 0.3 is 0 Å². The Bertz CT molecular complexity index is 565. The first kappa shape index (κ1) is 12.0. The van der Waals surface area contributed by atoms with Gasteiger partial charge in [-0.05, 0) is 36.4 Å². The second kappa shape index (κ2) is 4.59. The topological polar surface area (TPSA) is 34.1 Å². The summed E-state index contributed by atoms with van der Waals surface area (Å²) in [6.07, 6.45) is 1.17. The number of nitrogens with one attached hydrogen (secondary N) is 1. The van der Waals surface area contributed by atoms with E-state index in [9.17, 15) is 8.78 Å². The Morgan fingerprint density at radius 1 is 1.00 bits per heavy atom. The Morgan fingerprint density at radius 2 is 1.68 bits per heavy atom. The first-order valence-corrected chi connectivity index (χ1v) is 5.95. The fourth-order valence-corrected chi connectivity index (χ4v) is 2.03. The molecule has 1 aromatic carbocycles. The van der Waals surface area contributed by atoms with Gasteiger partial charge < -0.3 is 10.1 Å². The van der Waals surface area contributed by atoms with Gasteiger partial charge in [-0.1, -0.05) is 0 Å². The number of hydrogen-bond acceptors (Lipinski definition) is 3. The van der Waals surface area contributed by atoms with E-state index in [4.69, 9.17) is 4.74 Å². The normalized spacial score (nSPS) is 16.7. The van der Waals surface area contributed by atoms with Crippen LogP contribution in [0.15, 0.2) is 42.6 Å². The van der Waals surface area contributed by atoms with Crippen molar-refractivity contribution in [1.82, 2.24) is 10.3 Å². The molecule has 1 N–H and O–H groups in total. The lowest BCUT2D eigenvalue weighted by molar-refractivity contribution is 0.00795. The van der Waals surface area contributed by atoms with Crippen molar-refractivity contribution in [2.75, 3.05) is 13.1 Å². The van der Waals surface area contributed by atoms with Gasteiger partial charge in [0.05, 0.1) is 11.9 Å². The number of hydrogen-bond donors (Lipinski definition) is 1. The summed E-state index contributed by atoms with van der Waals surface area (Å²) in [7, 11) is 0. The summed E-state index contributed by atoms with van der Waals surface area (Å²) in [5, 5.41) is 3.11. The van der Waals surface area contributed by atoms with Crippen LogP contribution in [0.5, 0.6) is 5.75 Å². The summed E-state index contributed by atoms with van der Waals surface area (Å²) in [4.78, 5) is 4.07. The molecule has 19 heavy (non-hydrogen) atoms. The highest BCUT2D eigenvalue weighted by atomic mass is 19.1. The van der Waals surface area contributed by atoms with Gasteiger partial charge in [0.1, 0.15) is 17.4 Å². The predicted octanol–water partition coefficient (Wildman–Crippen LogP) is 2.24. The lowest BCUT2D eigenvalue weighted by atomic mass is 9.92. The molecule has 1 fully saturated rings. The summed E-state index contributed by atoms with van der Waals surface area (Å²) in [5.74, 6) is -0.130. The zero-order valence-corrected chi connectivity index (χ0v) is 10.1. The van der Waals surface area contributed by atoms with Crippen LogP contribution in [0.4, 0.5) is 8.78 Å². The van der Waals surface area contributed by atoms with E-state index in [1.54, 1.807) is 18.2 Å². The molecule has 1 aliphatic heterocycles. The second-order valence-corrected chi connectivity index (χ2v) is 4.52. The zero-order valence-electron chi connectivity index (χ0n) is 10.1. The molecule has 5 heteroatoms. The Morgan fingerprint density at radius 3 is 2.21 bits per heavy atom. The van der Waals surface area contributed by atoms with Crippen molar-refractivity contribution in [3.8, 4) is 5.75 Å². The minimum Gasteiger partial charge on any atom is -0.478 e. The molecule has 0 spiro atoms. The van der Waals surface area contributed by atoms with Gasteiger partial charge in [-0.3, -0.25) is 4.98 Å². The van der Waals surface area contributed by atoms with Crippen LogP contribution in [0.1, 0.15) is 5.69 Å². The van der Waals surface area contributed by atoms with Crippen LogP contribution in [0.25, 0.3) is 0 Å². The molecular weight excluding hydrogens is 250 g/mol. The van der Waals surface area contributed by atoms with E-state index >= 15 is 0 Å². The average molecular weight is 262 g/mol. The highest BCUT2D eigenvalue weighted by molar-refractivity contribution is 5.27. The number of halogens is 2. The van der Waals surface area contributed by atoms with E-state index in [-0.39, 0.29) is 11.6 Å². The lowest BCUT2D eigenvalue weighted by Gasteiger charge is -2.41. The summed E-state index contributed by atoms with van der Waals surface area (Å²) in [6.45, 7) is 1.17. The van der Waals surface area contributed by atoms with Gasteiger partial charge in [0.2, 0.25) is 0 Å². The van der Waals surface area contributed by atoms with Gasteiger partial charge in [-0.25, -0.2) is 8.78 Å². The molecule has 0 amide bonds. The van der Waals surface area contributed by atoms with E-state index < -0.39 is 5.60 Å². The van der Waals surface area contributed by atoms with Gasteiger partial charge in [0, 0.05) is 13.1 Å². The van der Waals surface area contributed by atoms with Gasteiger partial charge in [-0.15, -0.1) is 0 Å². The first-order chi connectivity index (χ1) is 9.18. The first-order valence-electron chi connectivity index (χ1n) is 5.95. The number of ether oxygens (including phenoxy) is 1. The third-order valence-electron chi connectivity index (χ3n) is 3.14. The maximum Gasteiger partial charge on any atom is 0.175 e. The molecule has 0 saturated carbocycles. The van der Waals surface area contributed by atoms with Gasteiger partial charge in [-0.2, -0.15) is 0 Å². The van der Waals surface area contributed by atoms with E-state index in [0.29, 0.717) is 24.5 Å². The summed E-state index contributed by atoms with van der Waals surface area (Å²) < 4.78 is 31.7. The van der Waals surface area contributed by atoms with Crippen molar-refractivity contribution in [3.05, 3.63) is 59.9 Å². The van der Waals surface area contributed by atoms with E-state index in [1.807, 2.05) is 0 Å². The molecule has 0 unspecified atom stereocenters. The minimum absolute atomic E-state index is 0.312. The summed E-state index contributed by atoms with van der Waals surface area (Å²) in [6, 6.07) is 8.79. The number of pyridine rings is 1. The molecule has 2 heterocycles. The molecule has 2 aromatic rings. The van der Waals surface area contributed by atoms with Crippen molar-refractivity contribution >= 4 is 0 Å². The van der Waals surface area contributed by atoms with Gasteiger partial charge in [0.25, 0.3) is 0 Å². The molecular formula is C14H12F2N2O. The van der Waals surface area contributed by atoms with Crippen molar-refractivity contribution in [2.45, 2.75) is 5.60 Å².